The summed E-state index contributed by atoms with van der Waals surface area (Å²) in [5.41, 5.74) is 3.23. The summed E-state index contributed by atoms with van der Waals surface area (Å²) in [6.45, 7) is 4.27. The Morgan fingerprint density at radius 3 is 2.83 bits per heavy atom. The molecule has 4 rings (SSSR count). The van der Waals surface area contributed by atoms with Gasteiger partial charge in [0.1, 0.15) is 5.82 Å². The van der Waals surface area contributed by atoms with Crippen molar-refractivity contribution in [2.24, 2.45) is 0 Å². The molecule has 0 amide bonds. The molecule has 1 saturated heterocycles. The van der Waals surface area contributed by atoms with Crippen molar-refractivity contribution >= 4 is 10.9 Å². The minimum Gasteiger partial charge on any atom is -0.361 e. The lowest BCUT2D eigenvalue weighted by molar-refractivity contribution is 0.160. The lowest BCUT2D eigenvalue weighted by Gasteiger charge is -2.35. The number of H-pyrrole nitrogens is 1. The van der Waals surface area contributed by atoms with Crippen LogP contribution in [0, 0.1) is 5.82 Å². The van der Waals surface area contributed by atoms with Gasteiger partial charge in [-0.05, 0) is 62.5 Å². The highest BCUT2D eigenvalue weighted by molar-refractivity contribution is 5.83. The number of aromatic nitrogens is 3. The number of benzene rings is 1. The summed E-state index contributed by atoms with van der Waals surface area (Å²) in [5, 5.41) is 1.15. The van der Waals surface area contributed by atoms with Crippen LogP contribution in [0.3, 0.4) is 0 Å². The van der Waals surface area contributed by atoms with Crippen molar-refractivity contribution in [3.05, 3.63) is 60.1 Å². The van der Waals surface area contributed by atoms with E-state index in [2.05, 4.69) is 33.0 Å². The van der Waals surface area contributed by atoms with Crippen LogP contribution in [0.4, 0.5) is 4.39 Å². The van der Waals surface area contributed by atoms with Crippen LogP contribution in [0.1, 0.15) is 43.0 Å². The van der Waals surface area contributed by atoms with Crippen LogP contribution < -0.4 is 0 Å². The highest BCUT2D eigenvalue weighted by Crippen LogP contribution is 2.35. The first-order valence-corrected chi connectivity index (χ1v) is 8.49. The fraction of sp³-hybridized carbons (Fsp3) is 0.368. The summed E-state index contributed by atoms with van der Waals surface area (Å²) >= 11 is 0. The summed E-state index contributed by atoms with van der Waals surface area (Å²) in [6, 6.07) is 5.30. The highest BCUT2D eigenvalue weighted by atomic mass is 19.1. The predicted molar refractivity (Wildman–Crippen MR) is 92.3 cm³/mol. The van der Waals surface area contributed by atoms with Gasteiger partial charge in [-0.25, -0.2) is 4.39 Å². The van der Waals surface area contributed by atoms with Crippen LogP contribution >= 0.6 is 0 Å². The van der Waals surface area contributed by atoms with E-state index >= 15 is 0 Å². The van der Waals surface area contributed by atoms with Crippen LogP contribution in [-0.4, -0.2) is 32.9 Å². The topological polar surface area (TPSA) is 44.8 Å². The van der Waals surface area contributed by atoms with Gasteiger partial charge in [0, 0.05) is 35.7 Å². The van der Waals surface area contributed by atoms with Gasteiger partial charge in [0.05, 0.1) is 11.7 Å². The fourth-order valence-corrected chi connectivity index (χ4v) is 3.77. The molecule has 2 aromatic heterocycles. The second kappa shape index (κ2) is 6.32. The van der Waals surface area contributed by atoms with Crippen molar-refractivity contribution < 1.29 is 4.39 Å². The zero-order valence-electron chi connectivity index (χ0n) is 13.7. The van der Waals surface area contributed by atoms with E-state index in [4.69, 9.17) is 0 Å². The molecule has 0 spiro atoms. The van der Waals surface area contributed by atoms with E-state index in [1.807, 2.05) is 12.3 Å². The maximum Gasteiger partial charge on any atom is 0.125 e. The average molecular weight is 324 g/mol. The molecular weight excluding hydrogens is 303 g/mol. The van der Waals surface area contributed by atoms with Gasteiger partial charge in [-0.1, -0.05) is 0 Å². The Balaban J connectivity index is 1.47. The Bertz CT molecular complexity index is 822. The molecule has 1 N–H and O–H groups in total. The van der Waals surface area contributed by atoms with E-state index in [0.29, 0.717) is 5.92 Å². The van der Waals surface area contributed by atoms with Crippen molar-refractivity contribution in [3.63, 3.8) is 0 Å². The predicted octanol–water partition coefficient (Wildman–Crippen LogP) is 4.04. The van der Waals surface area contributed by atoms with Crippen LogP contribution in [-0.2, 0) is 0 Å². The molecule has 0 saturated carbocycles. The third kappa shape index (κ3) is 2.80. The first-order chi connectivity index (χ1) is 11.7. The monoisotopic (exact) mass is 324 g/mol. The first-order valence-electron chi connectivity index (χ1n) is 8.49. The largest absolute Gasteiger partial charge is 0.361 e. The van der Waals surface area contributed by atoms with Crippen LogP contribution in [0.25, 0.3) is 10.9 Å². The smallest absolute Gasteiger partial charge is 0.125 e. The number of rotatable bonds is 3. The maximum absolute atomic E-state index is 13.4. The highest BCUT2D eigenvalue weighted by Gasteiger charge is 2.26. The van der Waals surface area contributed by atoms with Gasteiger partial charge in [-0.15, -0.1) is 0 Å². The molecule has 4 nitrogen and oxygen atoms in total. The standard InChI is InChI=1S/C19H21FN4/c1-13(19-12-21-6-7-22-19)24-8-4-14(5-9-24)17-11-23-18-10-15(20)2-3-16(17)18/h2-3,6-7,10-14,23H,4-5,8-9H2,1H3. The molecule has 3 aromatic rings. The number of halogens is 1. The number of hydrogen-bond donors (Lipinski definition) is 1. The van der Waals surface area contributed by atoms with Crippen LogP contribution in [0.2, 0.25) is 0 Å². The molecule has 124 valence electrons. The number of likely N-dealkylation sites (tertiary alicyclic amines) is 1. The molecule has 1 aliphatic rings. The summed E-state index contributed by atoms with van der Waals surface area (Å²) in [4.78, 5) is 14.3. The number of nitrogens with one attached hydrogen (secondary N) is 1. The molecule has 5 heteroatoms. The van der Waals surface area contributed by atoms with Crippen molar-refractivity contribution in [2.45, 2.75) is 31.7 Å². The molecule has 1 aromatic carbocycles. The van der Waals surface area contributed by atoms with Crippen molar-refractivity contribution in [1.82, 2.24) is 19.9 Å². The van der Waals surface area contributed by atoms with E-state index < -0.39 is 0 Å². The van der Waals surface area contributed by atoms with E-state index in [9.17, 15) is 4.39 Å². The van der Waals surface area contributed by atoms with E-state index in [0.717, 1.165) is 42.5 Å². The summed E-state index contributed by atoms with van der Waals surface area (Å²) < 4.78 is 13.4. The Hall–Kier alpha value is -2.27. The number of aromatic amines is 1. The molecule has 0 aliphatic carbocycles. The second-order valence-electron chi connectivity index (χ2n) is 6.55. The minimum atomic E-state index is -0.191. The summed E-state index contributed by atoms with van der Waals surface area (Å²) in [5.74, 6) is 0.332. The number of piperidine rings is 1. The van der Waals surface area contributed by atoms with Gasteiger partial charge < -0.3 is 4.98 Å². The van der Waals surface area contributed by atoms with E-state index in [1.165, 1.54) is 5.56 Å². The molecule has 0 radical (unpaired) electrons. The Labute approximate surface area is 140 Å². The fourth-order valence-electron chi connectivity index (χ4n) is 3.77. The number of fused-ring (bicyclic) bond motifs is 1. The van der Waals surface area contributed by atoms with Gasteiger partial charge in [0.25, 0.3) is 0 Å². The number of hydrogen-bond acceptors (Lipinski definition) is 3. The zero-order valence-corrected chi connectivity index (χ0v) is 13.7. The van der Waals surface area contributed by atoms with Gasteiger partial charge in [-0.2, -0.15) is 0 Å². The molecule has 0 bridgehead atoms. The quantitative estimate of drug-likeness (QED) is 0.791. The SMILES string of the molecule is CC(c1cnccn1)N1CCC(c2c[nH]c3cc(F)ccc23)CC1. The molecule has 3 heterocycles. The molecule has 1 atom stereocenters. The molecule has 24 heavy (non-hydrogen) atoms. The Morgan fingerprint density at radius 1 is 1.25 bits per heavy atom. The van der Waals surface area contributed by atoms with Crippen molar-refractivity contribution in [1.29, 1.82) is 0 Å². The van der Waals surface area contributed by atoms with Gasteiger partial charge in [-0.3, -0.25) is 14.9 Å². The minimum absolute atomic E-state index is 0.191. The third-order valence-corrected chi connectivity index (χ3v) is 5.20. The first kappa shape index (κ1) is 15.3. The molecular formula is C19H21FN4. The molecule has 1 aliphatic heterocycles. The van der Waals surface area contributed by atoms with Gasteiger partial charge >= 0.3 is 0 Å². The Morgan fingerprint density at radius 2 is 2.08 bits per heavy atom. The molecule has 1 fully saturated rings. The lowest BCUT2D eigenvalue weighted by atomic mass is 9.88. The van der Waals surface area contributed by atoms with E-state index in [-0.39, 0.29) is 11.9 Å². The third-order valence-electron chi connectivity index (χ3n) is 5.20. The van der Waals surface area contributed by atoms with Crippen molar-refractivity contribution in [3.8, 4) is 0 Å². The van der Waals surface area contributed by atoms with Crippen LogP contribution in [0.15, 0.2) is 43.0 Å². The Kier molecular flexibility index (Phi) is 4.02. The normalized spacial score (nSPS) is 18.1. The summed E-state index contributed by atoms with van der Waals surface area (Å²) in [7, 11) is 0. The average Bonchev–Trinajstić information content (AvgIpc) is 3.05. The van der Waals surface area contributed by atoms with E-state index in [1.54, 1.807) is 24.5 Å². The summed E-state index contributed by atoms with van der Waals surface area (Å²) in [6.07, 6.45) is 9.58. The molecule has 1 unspecified atom stereocenters. The van der Waals surface area contributed by atoms with Gasteiger partial charge in [0.15, 0.2) is 0 Å². The lowest BCUT2D eigenvalue weighted by Crippen LogP contribution is -2.35. The van der Waals surface area contributed by atoms with Crippen molar-refractivity contribution in [2.75, 3.05) is 13.1 Å². The maximum atomic E-state index is 13.4. The van der Waals surface area contributed by atoms with Crippen LogP contribution in [0.5, 0.6) is 0 Å². The van der Waals surface area contributed by atoms with Gasteiger partial charge in [0.2, 0.25) is 0 Å². The number of nitrogens with zero attached hydrogens (tertiary/aromatic N) is 3. The second-order valence-corrected chi connectivity index (χ2v) is 6.55. The zero-order chi connectivity index (χ0) is 16.5.